The number of carboxylic acid groups (broad SMARTS) is 1. The Kier molecular flexibility index (Phi) is 6.09. The van der Waals surface area contributed by atoms with E-state index in [4.69, 9.17) is 5.11 Å². The van der Waals surface area contributed by atoms with E-state index in [0.29, 0.717) is 17.2 Å². The highest BCUT2D eigenvalue weighted by molar-refractivity contribution is 5.92. The summed E-state index contributed by atoms with van der Waals surface area (Å²) < 4.78 is 0. The maximum atomic E-state index is 12.3. The van der Waals surface area contributed by atoms with E-state index < -0.39 is 5.97 Å². The van der Waals surface area contributed by atoms with E-state index in [2.05, 4.69) is 18.8 Å². The number of hydrogen-bond acceptors (Lipinski definition) is 3. The van der Waals surface area contributed by atoms with Gasteiger partial charge in [0, 0.05) is 25.4 Å². The van der Waals surface area contributed by atoms with Crippen molar-refractivity contribution in [2.45, 2.75) is 33.2 Å². The Morgan fingerprint density at radius 3 is 2.48 bits per heavy atom. The van der Waals surface area contributed by atoms with E-state index in [0.717, 1.165) is 12.5 Å². The van der Waals surface area contributed by atoms with Gasteiger partial charge < -0.3 is 10.0 Å². The number of aromatic nitrogens is 1. The van der Waals surface area contributed by atoms with Crippen LogP contribution in [0.5, 0.6) is 0 Å². The number of hydrogen-bond donors (Lipinski definition) is 1. The Morgan fingerprint density at radius 1 is 1.33 bits per heavy atom. The zero-order valence-corrected chi connectivity index (χ0v) is 12.9. The Hall–Kier alpha value is -2.17. The minimum Gasteiger partial charge on any atom is -0.478 e. The van der Waals surface area contributed by atoms with Gasteiger partial charge in [-0.15, -0.1) is 0 Å². The van der Waals surface area contributed by atoms with Crippen LogP contribution in [0.2, 0.25) is 0 Å². The lowest BCUT2D eigenvalue weighted by atomic mass is 10.0. The minimum atomic E-state index is -1.02. The van der Waals surface area contributed by atoms with Gasteiger partial charge >= 0.3 is 5.97 Å². The topological polar surface area (TPSA) is 70.5 Å². The van der Waals surface area contributed by atoms with Crippen molar-refractivity contribution in [3.63, 3.8) is 0 Å². The highest BCUT2D eigenvalue weighted by Crippen LogP contribution is 2.12. The summed E-state index contributed by atoms with van der Waals surface area (Å²) >= 11 is 0. The lowest BCUT2D eigenvalue weighted by Crippen LogP contribution is -2.36. The van der Waals surface area contributed by atoms with E-state index in [1.54, 1.807) is 24.1 Å². The summed E-state index contributed by atoms with van der Waals surface area (Å²) in [6.45, 7) is 6.26. The van der Waals surface area contributed by atoms with Gasteiger partial charge in [-0.2, -0.15) is 0 Å². The third kappa shape index (κ3) is 5.38. The fraction of sp³-hybridized carbons (Fsp3) is 0.438. The second kappa shape index (κ2) is 7.57. The summed E-state index contributed by atoms with van der Waals surface area (Å²) in [6.07, 6.45) is 4.90. The molecule has 0 spiro atoms. The van der Waals surface area contributed by atoms with E-state index in [1.165, 1.54) is 12.3 Å². The van der Waals surface area contributed by atoms with Crippen molar-refractivity contribution in [1.29, 1.82) is 0 Å². The van der Waals surface area contributed by atoms with Crippen molar-refractivity contribution in [3.05, 3.63) is 35.7 Å². The smallest absolute Gasteiger partial charge is 0.328 e. The largest absolute Gasteiger partial charge is 0.478 e. The molecule has 0 aliphatic carbocycles. The average Bonchev–Trinajstić information content (AvgIpc) is 2.43. The van der Waals surface area contributed by atoms with Crippen LogP contribution in [-0.4, -0.2) is 40.0 Å². The third-order valence-corrected chi connectivity index (χ3v) is 3.22. The maximum absolute atomic E-state index is 12.3. The predicted molar refractivity (Wildman–Crippen MR) is 81.9 cm³/mol. The van der Waals surface area contributed by atoms with Crippen molar-refractivity contribution in [2.24, 2.45) is 5.92 Å². The molecule has 0 aromatic carbocycles. The Morgan fingerprint density at radius 2 is 2.00 bits per heavy atom. The first-order chi connectivity index (χ1) is 9.81. The molecule has 1 N–H and O–H groups in total. The number of pyridine rings is 1. The Bertz CT molecular complexity index is 521. The first-order valence-electron chi connectivity index (χ1n) is 6.95. The number of aliphatic carboxylic acids is 1. The highest BCUT2D eigenvalue weighted by Gasteiger charge is 2.19. The standard InChI is InChI=1S/C16H22N2O3/c1-11(2)9-12(3)18(4)16(21)14-7-5-13(10-17-14)6-8-15(19)20/h5-8,10-12H,9H2,1-4H3,(H,19,20). The van der Waals surface area contributed by atoms with Crippen LogP contribution in [0, 0.1) is 5.92 Å². The van der Waals surface area contributed by atoms with Crippen LogP contribution in [0.4, 0.5) is 0 Å². The van der Waals surface area contributed by atoms with Crippen molar-refractivity contribution in [2.75, 3.05) is 7.05 Å². The van der Waals surface area contributed by atoms with Crippen LogP contribution >= 0.6 is 0 Å². The van der Waals surface area contributed by atoms with Gasteiger partial charge in [0.05, 0.1) is 0 Å². The number of carboxylic acids is 1. The molecule has 1 amide bonds. The lowest BCUT2D eigenvalue weighted by Gasteiger charge is -2.26. The monoisotopic (exact) mass is 290 g/mol. The SMILES string of the molecule is CC(C)CC(C)N(C)C(=O)c1ccc(C=CC(=O)O)cn1. The molecule has 0 saturated carbocycles. The van der Waals surface area contributed by atoms with Crippen LogP contribution in [0.3, 0.4) is 0 Å². The number of amides is 1. The van der Waals surface area contributed by atoms with Crippen molar-refractivity contribution in [3.8, 4) is 0 Å². The molecule has 0 radical (unpaired) electrons. The molecule has 5 nitrogen and oxygen atoms in total. The molecule has 0 bridgehead atoms. The molecule has 21 heavy (non-hydrogen) atoms. The second-order valence-electron chi connectivity index (χ2n) is 5.54. The zero-order valence-electron chi connectivity index (χ0n) is 12.9. The molecule has 5 heteroatoms. The molecular weight excluding hydrogens is 268 g/mol. The van der Waals surface area contributed by atoms with Gasteiger partial charge in [0.25, 0.3) is 5.91 Å². The summed E-state index contributed by atoms with van der Waals surface area (Å²) in [5, 5.41) is 8.56. The second-order valence-corrected chi connectivity index (χ2v) is 5.54. The normalized spacial score (nSPS) is 12.6. The molecule has 1 aromatic heterocycles. The van der Waals surface area contributed by atoms with E-state index >= 15 is 0 Å². The minimum absolute atomic E-state index is 0.128. The molecule has 1 rings (SSSR count). The first kappa shape index (κ1) is 16.9. The summed E-state index contributed by atoms with van der Waals surface area (Å²) in [5.41, 5.74) is 1.01. The molecular formula is C16H22N2O3. The summed E-state index contributed by atoms with van der Waals surface area (Å²) in [6, 6.07) is 3.44. The average molecular weight is 290 g/mol. The third-order valence-electron chi connectivity index (χ3n) is 3.22. The molecule has 0 saturated heterocycles. The molecule has 1 unspecified atom stereocenters. The van der Waals surface area contributed by atoms with E-state index in [9.17, 15) is 9.59 Å². The Balaban J connectivity index is 2.77. The molecule has 0 fully saturated rings. The van der Waals surface area contributed by atoms with Gasteiger partial charge in [0.2, 0.25) is 0 Å². The first-order valence-corrected chi connectivity index (χ1v) is 6.95. The van der Waals surface area contributed by atoms with Gasteiger partial charge in [0.1, 0.15) is 5.69 Å². The van der Waals surface area contributed by atoms with Crippen molar-refractivity contribution in [1.82, 2.24) is 9.88 Å². The quantitative estimate of drug-likeness (QED) is 0.818. The van der Waals surface area contributed by atoms with Crippen LogP contribution in [0.15, 0.2) is 24.4 Å². The van der Waals surface area contributed by atoms with E-state index in [-0.39, 0.29) is 11.9 Å². The number of rotatable bonds is 6. The molecule has 114 valence electrons. The number of nitrogens with zero attached hydrogens (tertiary/aromatic N) is 2. The van der Waals surface area contributed by atoms with Crippen molar-refractivity contribution < 1.29 is 14.7 Å². The van der Waals surface area contributed by atoms with Gasteiger partial charge in [-0.3, -0.25) is 9.78 Å². The molecule has 1 atom stereocenters. The van der Waals surface area contributed by atoms with Crippen LogP contribution in [-0.2, 0) is 4.79 Å². The number of carbonyl (C=O) groups is 2. The molecule has 0 aliphatic rings. The summed E-state index contributed by atoms with van der Waals surface area (Å²) in [7, 11) is 1.77. The highest BCUT2D eigenvalue weighted by atomic mass is 16.4. The fourth-order valence-corrected chi connectivity index (χ4v) is 2.02. The van der Waals surface area contributed by atoms with Crippen LogP contribution < -0.4 is 0 Å². The number of carbonyl (C=O) groups excluding carboxylic acids is 1. The molecule has 0 aliphatic heterocycles. The van der Waals surface area contributed by atoms with Crippen LogP contribution in [0.1, 0.15) is 43.2 Å². The van der Waals surface area contributed by atoms with Crippen molar-refractivity contribution >= 4 is 18.0 Å². The summed E-state index contributed by atoms with van der Waals surface area (Å²) in [5.74, 6) is -0.624. The van der Waals surface area contributed by atoms with Gasteiger partial charge in [-0.1, -0.05) is 19.9 Å². The summed E-state index contributed by atoms with van der Waals surface area (Å²) in [4.78, 5) is 28.5. The fourth-order valence-electron chi connectivity index (χ4n) is 2.02. The van der Waals surface area contributed by atoms with Gasteiger partial charge in [-0.05, 0) is 37.0 Å². The maximum Gasteiger partial charge on any atom is 0.328 e. The zero-order chi connectivity index (χ0) is 16.0. The van der Waals surface area contributed by atoms with Gasteiger partial charge in [-0.25, -0.2) is 4.79 Å². The Labute approximate surface area is 125 Å². The van der Waals surface area contributed by atoms with Gasteiger partial charge in [0.15, 0.2) is 0 Å². The van der Waals surface area contributed by atoms with E-state index in [1.807, 2.05) is 6.92 Å². The molecule has 1 aromatic rings. The molecule has 1 heterocycles. The van der Waals surface area contributed by atoms with Crippen LogP contribution in [0.25, 0.3) is 6.08 Å². The lowest BCUT2D eigenvalue weighted by molar-refractivity contribution is -0.131. The predicted octanol–water partition coefficient (Wildman–Crippen LogP) is 2.69.